The number of hydrogen-bond acceptors (Lipinski definition) is 4. The number of anilines is 3. The van der Waals surface area contributed by atoms with Crippen LogP contribution in [0.4, 0.5) is 21.9 Å². The fourth-order valence-corrected chi connectivity index (χ4v) is 3.81. The average Bonchev–Trinajstić information content (AvgIpc) is 3.16. The first kappa shape index (κ1) is 16.4. The molecular weight excluding hydrogens is 330 g/mol. The summed E-state index contributed by atoms with van der Waals surface area (Å²) in [5, 5.41) is 2.91. The highest BCUT2D eigenvalue weighted by molar-refractivity contribution is 6.05. The Balaban J connectivity index is 1.59. The third-order valence-corrected chi connectivity index (χ3v) is 5.03. The summed E-state index contributed by atoms with van der Waals surface area (Å²) in [6, 6.07) is 15.0. The molecule has 1 atom stereocenters. The maximum absolute atomic E-state index is 12.9. The Labute approximate surface area is 152 Å². The Morgan fingerprint density at radius 3 is 2.73 bits per heavy atom. The van der Waals surface area contributed by atoms with Gasteiger partial charge in [-0.3, -0.25) is 4.90 Å². The zero-order valence-corrected chi connectivity index (χ0v) is 14.6. The molecule has 26 heavy (non-hydrogen) atoms. The smallest absolute Gasteiger partial charge is 0.337 e. The summed E-state index contributed by atoms with van der Waals surface area (Å²) in [5.74, 6) is -0.425. The second kappa shape index (κ2) is 6.71. The van der Waals surface area contributed by atoms with Crippen LogP contribution in [0, 0.1) is 0 Å². The van der Waals surface area contributed by atoms with Crippen LogP contribution in [0.15, 0.2) is 48.5 Å². The Morgan fingerprint density at radius 2 is 1.92 bits per heavy atom. The van der Waals surface area contributed by atoms with Crippen LogP contribution in [-0.2, 0) is 4.74 Å². The highest BCUT2D eigenvalue weighted by Crippen LogP contribution is 2.39. The lowest BCUT2D eigenvalue weighted by Crippen LogP contribution is -2.49. The van der Waals surface area contributed by atoms with E-state index >= 15 is 0 Å². The average molecular weight is 351 g/mol. The molecule has 2 amide bonds. The molecule has 0 aliphatic carbocycles. The van der Waals surface area contributed by atoms with Crippen LogP contribution in [0.3, 0.4) is 0 Å². The fourth-order valence-electron chi connectivity index (χ4n) is 3.81. The number of carbonyl (C=O) groups excluding carboxylic acids is 2. The van der Waals surface area contributed by atoms with Crippen LogP contribution in [0.25, 0.3) is 0 Å². The molecular formula is C20H21N3O3. The second-order valence-corrected chi connectivity index (χ2v) is 6.59. The van der Waals surface area contributed by atoms with Gasteiger partial charge < -0.3 is 15.0 Å². The van der Waals surface area contributed by atoms with Crippen molar-refractivity contribution in [2.24, 2.45) is 0 Å². The molecule has 4 rings (SSSR count). The largest absolute Gasteiger partial charge is 0.465 e. The van der Waals surface area contributed by atoms with E-state index in [0.29, 0.717) is 23.8 Å². The molecule has 2 aromatic carbocycles. The van der Waals surface area contributed by atoms with Gasteiger partial charge in [0.1, 0.15) is 0 Å². The molecule has 1 fully saturated rings. The predicted octanol–water partition coefficient (Wildman–Crippen LogP) is 3.49. The van der Waals surface area contributed by atoms with Crippen molar-refractivity contribution in [3.05, 3.63) is 54.1 Å². The van der Waals surface area contributed by atoms with E-state index in [0.717, 1.165) is 30.8 Å². The molecule has 0 aromatic heterocycles. The number of para-hydroxylation sites is 2. The van der Waals surface area contributed by atoms with Crippen LogP contribution >= 0.6 is 0 Å². The van der Waals surface area contributed by atoms with Gasteiger partial charge in [0.2, 0.25) is 0 Å². The topological polar surface area (TPSA) is 61.9 Å². The first-order valence-electron chi connectivity index (χ1n) is 8.80. The van der Waals surface area contributed by atoms with E-state index in [4.69, 9.17) is 4.74 Å². The number of fused-ring (bicyclic) bond motifs is 3. The third-order valence-electron chi connectivity index (χ3n) is 5.03. The highest BCUT2D eigenvalue weighted by Gasteiger charge is 2.36. The van der Waals surface area contributed by atoms with Crippen LogP contribution in [0.5, 0.6) is 0 Å². The number of rotatable bonds is 2. The Kier molecular flexibility index (Phi) is 4.24. The van der Waals surface area contributed by atoms with E-state index < -0.39 is 5.97 Å². The fraction of sp³-hybridized carbons (Fsp3) is 0.300. The maximum Gasteiger partial charge on any atom is 0.337 e. The number of amides is 2. The molecule has 1 unspecified atom stereocenters. The summed E-state index contributed by atoms with van der Waals surface area (Å²) in [5.41, 5.74) is 3.02. The van der Waals surface area contributed by atoms with Gasteiger partial charge in [-0.25, -0.2) is 9.59 Å². The van der Waals surface area contributed by atoms with Crippen molar-refractivity contribution in [1.29, 1.82) is 0 Å². The minimum absolute atomic E-state index is 0.189. The summed E-state index contributed by atoms with van der Waals surface area (Å²) in [6.07, 6.45) is 2.24. The number of benzene rings is 2. The molecule has 0 radical (unpaired) electrons. The summed E-state index contributed by atoms with van der Waals surface area (Å²) in [6.45, 7) is 1.71. The maximum atomic E-state index is 12.9. The summed E-state index contributed by atoms with van der Waals surface area (Å²) < 4.78 is 4.74. The first-order chi connectivity index (χ1) is 12.7. The van der Waals surface area contributed by atoms with E-state index in [1.807, 2.05) is 18.2 Å². The van der Waals surface area contributed by atoms with Gasteiger partial charge in [0.25, 0.3) is 0 Å². The normalized spacial score (nSPS) is 18.1. The molecule has 6 heteroatoms. The van der Waals surface area contributed by atoms with Gasteiger partial charge in [-0.1, -0.05) is 18.2 Å². The number of urea groups is 1. The Bertz CT molecular complexity index is 852. The van der Waals surface area contributed by atoms with Gasteiger partial charge in [0, 0.05) is 24.8 Å². The standard InChI is InChI=1S/C20H21N3O3/c1-26-19(24)14-6-4-7-15(12-14)21-20(25)23-13-16-8-5-11-22(16)17-9-2-3-10-18(17)23/h2-4,6-7,9-10,12,16H,5,8,11,13H2,1H3,(H,21,25). The number of carbonyl (C=O) groups is 2. The molecule has 6 nitrogen and oxygen atoms in total. The first-order valence-corrected chi connectivity index (χ1v) is 8.80. The van der Waals surface area contributed by atoms with E-state index in [1.165, 1.54) is 7.11 Å². The number of nitrogens with one attached hydrogen (secondary N) is 1. The Hall–Kier alpha value is -3.02. The molecule has 1 saturated heterocycles. The zero-order chi connectivity index (χ0) is 18.1. The van der Waals surface area contributed by atoms with Gasteiger partial charge in [-0.15, -0.1) is 0 Å². The molecule has 134 valence electrons. The van der Waals surface area contributed by atoms with E-state index in [1.54, 1.807) is 29.2 Å². The van der Waals surface area contributed by atoms with Crippen molar-refractivity contribution in [2.45, 2.75) is 18.9 Å². The molecule has 1 N–H and O–H groups in total. The summed E-state index contributed by atoms with van der Waals surface area (Å²) in [4.78, 5) is 28.8. The lowest BCUT2D eigenvalue weighted by atomic mass is 10.1. The molecule has 0 bridgehead atoms. The summed E-state index contributed by atoms with van der Waals surface area (Å²) >= 11 is 0. The van der Waals surface area contributed by atoms with Crippen molar-refractivity contribution < 1.29 is 14.3 Å². The van der Waals surface area contributed by atoms with Crippen molar-refractivity contribution in [2.75, 3.05) is 35.3 Å². The zero-order valence-electron chi connectivity index (χ0n) is 14.6. The van der Waals surface area contributed by atoms with Crippen LogP contribution in [-0.4, -0.2) is 38.2 Å². The van der Waals surface area contributed by atoms with Gasteiger partial charge in [-0.2, -0.15) is 0 Å². The number of nitrogens with zero attached hydrogens (tertiary/aromatic N) is 2. The lowest BCUT2D eigenvalue weighted by molar-refractivity contribution is 0.0600. The monoisotopic (exact) mass is 351 g/mol. The van der Waals surface area contributed by atoms with Crippen LogP contribution in [0.2, 0.25) is 0 Å². The summed E-state index contributed by atoms with van der Waals surface area (Å²) in [7, 11) is 1.34. The number of methoxy groups -OCH3 is 1. The van der Waals surface area contributed by atoms with Crippen LogP contribution < -0.4 is 15.1 Å². The van der Waals surface area contributed by atoms with Crippen molar-refractivity contribution in [3.8, 4) is 0 Å². The van der Waals surface area contributed by atoms with Gasteiger partial charge in [-0.05, 0) is 43.2 Å². The van der Waals surface area contributed by atoms with Gasteiger partial charge >= 0.3 is 12.0 Å². The van der Waals surface area contributed by atoms with Crippen LogP contribution in [0.1, 0.15) is 23.2 Å². The van der Waals surface area contributed by atoms with E-state index in [2.05, 4.69) is 16.3 Å². The SMILES string of the molecule is COC(=O)c1cccc(NC(=O)N2CC3CCCN3c3ccccc32)c1. The molecule has 2 aromatic rings. The van der Waals surface area contributed by atoms with Crippen molar-refractivity contribution in [1.82, 2.24) is 0 Å². The number of ether oxygens (including phenoxy) is 1. The van der Waals surface area contributed by atoms with Gasteiger partial charge in [0.05, 0.1) is 24.0 Å². The predicted molar refractivity (Wildman–Crippen MR) is 101 cm³/mol. The third kappa shape index (κ3) is 2.87. The number of hydrogen-bond donors (Lipinski definition) is 1. The van der Waals surface area contributed by atoms with Crippen molar-refractivity contribution in [3.63, 3.8) is 0 Å². The second-order valence-electron chi connectivity index (χ2n) is 6.59. The van der Waals surface area contributed by atoms with E-state index in [-0.39, 0.29) is 6.03 Å². The molecule has 0 saturated carbocycles. The van der Waals surface area contributed by atoms with E-state index in [9.17, 15) is 9.59 Å². The highest BCUT2D eigenvalue weighted by atomic mass is 16.5. The number of esters is 1. The molecule has 2 heterocycles. The lowest BCUT2D eigenvalue weighted by Gasteiger charge is -2.40. The minimum Gasteiger partial charge on any atom is -0.465 e. The van der Waals surface area contributed by atoms with Gasteiger partial charge in [0.15, 0.2) is 0 Å². The molecule has 2 aliphatic rings. The quantitative estimate of drug-likeness (QED) is 0.842. The Morgan fingerprint density at radius 1 is 1.12 bits per heavy atom. The molecule has 2 aliphatic heterocycles. The van der Waals surface area contributed by atoms with Crippen molar-refractivity contribution >= 4 is 29.1 Å². The minimum atomic E-state index is -0.425. The molecule has 0 spiro atoms.